The molecule has 2 aromatic carbocycles. The summed E-state index contributed by atoms with van der Waals surface area (Å²) in [7, 11) is 0. The molecule has 1 fully saturated rings. The van der Waals surface area contributed by atoms with Crippen LogP contribution in [0.1, 0.15) is 60.3 Å². The molecule has 1 unspecified atom stereocenters. The van der Waals surface area contributed by atoms with Gasteiger partial charge in [-0.3, -0.25) is 9.89 Å². The highest BCUT2D eigenvalue weighted by Gasteiger charge is 2.45. The first kappa shape index (κ1) is 19.2. The van der Waals surface area contributed by atoms with E-state index >= 15 is 0 Å². The summed E-state index contributed by atoms with van der Waals surface area (Å²) in [5.74, 6) is 0.881. The van der Waals surface area contributed by atoms with Crippen LogP contribution in [0.2, 0.25) is 5.02 Å². The fourth-order valence-electron chi connectivity index (χ4n) is 4.79. The molecule has 1 aliphatic carbocycles. The number of H-pyrrole nitrogens is 1. The van der Waals surface area contributed by atoms with Crippen LogP contribution in [-0.2, 0) is 0 Å². The Bertz CT molecular complexity index is 1050. The van der Waals surface area contributed by atoms with E-state index in [1.54, 1.807) is 0 Å². The Morgan fingerprint density at radius 3 is 2.47 bits per heavy atom. The first-order valence-electron chi connectivity index (χ1n) is 10.6. The third-order valence-electron chi connectivity index (χ3n) is 6.15. The first-order chi connectivity index (χ1) is 14.7. The van der Waals surface area contributed by atoms with Crippen LogP contribution in [0.15, 0.2) is 48.5 Å². The Morgan fingerprint density at radius 1 is 1.10 bits per heavy atom. The van der Waals surface area contributed by atoms with E-state index in [1.165, 1.54) is 12.8 Å². The lowest BCUT2D eigenvalue weighted by Crippen LogP contribution is -2.37. The van der Waals surface area contributed by atoms with Crippen LogP contribution >= 0.6 is 11.6 Å². The Morgan fingerprint density at radius 2 is 1.80 bits per heavy atom. The lowest BCUT2D eigenvalue weighted by molar-refractivity contribution is 0.0660. The number of ether oxygens (including phenoxy) is 1. The van der Waals surface area contributed by atoms with Crippen molar-refractivity contribution in [1.29, 1.82) is 0 Å². The van der Waals surface area contributed by atoms with Gasteiger partial charge in [0.25, 0.3) is 5.91 Å². The number of aromatic amines is 1. The second-order valence-electron chi connectivity index (χ2n) is 7.92. The van der Waals surface area contributed by atoms with Gasteiger partial charge in [0.1, 0.15) is 11.4 Å². The molecule has 1 aliphatic heterocycles. The summed E-state index contributed by atoms with van der Waals surface area (Å²) < 4.78 is 5.62. The van der Waals surface area contributed by atoms with E-state index in [2.05, 4.69) is 27.2 Å². The smallest absolute Gasteiger partial charge is 0.273 e. The van der Waals surface area contributed by atoms with Gasteiger partial charge in [-0.15, -0.1) is 0 Å². The van der Waals surface area contributed by atoms with Crippen molar-refractivity contribution in [2.75, 3.05) is 6.61 Å². The summed E-state index contributed by atoms with van der Waals surface area (Å²) >= 11 is 6.09. The van der Waals surface area contributed by atoms with Crippen LogP contribution in [0.5, 0.6) is 5.75 Å². The van der Waals surface area contributed by atoms with Crippen molar-refractivity contribution in [3.05, 3.63) is 70.4 Å². The fraction of sp³-hybridized carbons (Fsp3) is 0.333. The molecule has 1 atom stereocenters. The van der Waals surface area contributed by atoms with Crippen molar-refractivity contribution >= 4 is 17.5 Å². The maximum Gasteiger partial charge on any atom is 0.273 e. The number of carbonyl (C=O) groups is 1. The molecule has 3 aromatic rings. The number of nitrogens with one attached hydrogen (secondary N) is 1. The number of fused-ring (bicyclic) bond motifs is 1. The van der Waals surface area contributed by atoms with Crippen LogP contribution < -0.4 is 4.74 Å². The van der Waals surface area contributed by atoms with Gasteiger partial charge in [0.2, 0.25) is 0 Å². The van der Waals surface area contributed by atoms with Gasteiger partial charge in [-0.2, -0.15) is 5.10 Å². The Hall–Kier alpha value is -2.79. The predicted molar refractivity (Wildman–Crippen MR) is 117 cm³/mol. The largest absolute Gasteiger partial charge is 0.494 e. The lowest BCUT2D eigenvalue weighted by Gasteiger charge is -2.32. The third-order valence-corrected chi connectivity index (χ3v) is 6.40. The van der Waals surface area contributed by atoms with Crippen molar-refractivity contribution in [3.63, 3.8) is 0 Å². The van der Waals surface area contributed by atoms with Crippen LogP contribution in [0.3, 0.4) is 0 Å². The van der Waals surface area contributed by atoms with Gasteiger partial charge >= 0.3 is 0 Å². The molecule has 30 heavy (non-hydrogen) atoms. The Labute approximate surface area is 181 Å². The molecule has 5 rings (SSSR count). The number of hydrogen-bond donors (Lipinski definition) is 1. The molecule has 1 amide bonds. The molecule has 1 N–H and O–H groups in total. The number of aromatic nitrogens is 2. The molecule has 2 aliphatic rings. The molecule has 0 bridgehead atoms. The van der Waals surface area contributed by atoms with Crippen molar-refractivity contribution < 1.29 is 9.53 Å². The van der Waals surface area contributed by atoms with Crippen LogP contribution in [0.4, 0.5) is 0 Å². The summed E-state index contributed by atoms with van der Waals surface area (Å²) in [6, 6.07) is 15.8. The summed E-state index contributed by atoms with van der Waals surface area (Å²) in [4.78, 5) is 15.5. The molecule has 6 heteroatoms. The third kappa shape index (κ3) is 3.18. The second-order valence-corrected chi connectivity index (χ2v) is 8.36. The zero-order valence-electron chi connectivity index (χ0n) is 16.9. The van der Waals surface area contributed by atoms with Crippen LogP contribution in [0, 0.1) is 0 Å². The minimum atomic E-state index is -0.157. The summed E-state index contributed by atoms with van der Waals surface area (Å²) in [5, 5.41) is 8.25. The number of halogens is 1. The molecular formula is C24H24ClN3O2. The normalized spacial score (nSPS) is 18.8. The fourth-order valence-corrected chi connectivity index (χ4v) is 4.92. The zero-order chi connectivity index (χ0) is 20.7. The average molecular weight is 422 g/mol. The van der Waals surface area contributed by atoms with Gasteiger partial charge in [0, 0.05) is 22.2 Å². The number of nitrogens with zero attached hydrogens (tertiary/aromatic N) is 2. The molecule has 0 spiro atoms. The van der Waals surface area contributed by atoms with Gasteiger partial charge in [-0.1, -0.05) is 48.7 Å². The average Bonchev–Trinajstić information content (AvgIpc) is 3.48. The number of carbonyl (C=O) groups excluding carboxylic acids is 1. The summed E-state index contributed by atoms with van der Waals surface area (Å²) in [6.45, 7) is 2.60. The maximum atomic E-state index is 13.4. The van der Waals surface area contributed by atoms with Gasteiger partial charge < -0.3 is 9.64 Å². The molecule has 154 valence electrons. The van der Waals surface area contributed by atoms with Gasteiger partial charge in [0.05, 0.1) is 18.3 Å². The van der Waals surface area contributed by atoms with Crippen LogP contribution in [0.25, 0.3) is 11.3 Å². The quantitative estimate of drug-likeness (QED) is 0.581. The highest BCUT2D eigenvalue weighted by Crippen LogP contribution is 2.46. The SMILES string of the molecule is CCOc1ccc(C2c3c(-c4ccc(Cl)cc4)n[nH]c3C(=O)N2C2CCCC2)cc1. The van der Waals surface area contributed by atoms with Gasteiger partial charge in [-0.05, 0) is 49.6 Å². The molecule has 2 heterocycles. The van der Waals surface area contributed by atoms with E-state index in [0.29, 0.717) is 17.3 Å². The molecule has 0 saturated heterocycles. The second kappa shape index (κ2) is 7.80. The van der Waals surface area contributed by atoms with Crippen molar-refractivity contribution in [2.45, 2.75) is 44.7 Å². The molecule has 1 aromatic heterocycles. The van der Waals surface area contributed by atoms with Crippen molar-refractivity contribution in [1.82, 2.24) is 15.1 Å². The van der Waals surface area contributed by atoms with Gasteiger partial charge in [0.15, 0.2) is 0 Å². The molecule has 5 nitrogen and oxygen atoms in total. The monoisotopic (exact) mass is 421 g/mol. The number of rotatable bonds is 5. The number of hydrogen-bond acceptors (Lipinski definition) is 3. The minimum absolute atomic E-state index is 0.0449. The van der Waals surface area contributed by atoms with E-state index in [4.69, 9.17) is 16.3 Å². The number of amides is 1. The van der Waals surface area contributed by atoms with Crippen LogP contribution in [-0.4, -0.2) is 33.7 Å². The molecule has 0 radical (unpaired) electrons. The maximum absolute atomic E-state index is 13.4. The Balaban J connectivity index is 1.62. The topological polar surface area (TPSA) is 58.2 Å². The van der Waals surface area contributed by atoms with Crippen molar-refractivity contribution in [3.8, 4) is 17.0 Å². The van der Waals surface area contributed by atoms with Crippen molar-refractivity contribution in [2.24, 2.45) is 0 Å². The molecular weight excluding hydrogens is 398 g/mol. The zero-order valence-corrected chi connectivity index (χ0v) is 17.7. The number of benzene rings is 2. The predicted octanol–water partition coefficient (Wildman–Crippen LogP) is 5.62. The van der Waals surface area contributed by atoms with E-state index in [1.807, 2.05) is 43.3 Å². The summed E-state index contributed by atoms with van der Waals surface area (Å²) in [5.41, 5.74) is 4.40. The highest BCUT2D eigenvalue weighted by molar-refractivity contribution is 6.30. The lowest BCUT2D eigenvalue weighted by atomic mass is 9.95. The Kier molecular flexibility index (Phi) is 4.99. The minimum Gasteiger partial charge on any atom is -0.494 e. The van der Waals surface area contributed by atoms with E-state index in [9.17, 15) is 4.79 Å². The summed E-state index contributed by atoms with van der Waals surface area (Å²) in [6.07, 6.45) is 4.43. The van der Waals surface area contributed by atoms with Gasteiger partial charge in [-0.25, -0.2) is 0 Å². The first-order valence-corrected chi connectivity index (χ1v) is 10.9. The van der Waals surface area contributed by atoms with E-state index in [0.717, 1.165) is 41.0 Å². The van der Waals surface area contributed by atoms with E-state index in [-0.39, 0.29) is 18.0 Å². The highest BCUT2D eigenvalue weighted by atomic mass is 35.5. The molecule has 1 saturated carbocycles. The van der Waals surface area contributed by atoms with E-state index < -0.39 is 0 Å². The standard InChI is InChI=1S/C24H24ClN3O2/c1-2-30-19-13-9-16(10-14-19)23-20-21(15-7-11-17(25)12-8-15)26-27-22(20)24(29)28(23)18-5-3-4-6-18/h7-14,18,23H,2-6H2,1H3,(H,26,27).